The molecule has 1 aromatic heterocycles. The first-order valence-electron chi connectivity index (χ1n) is 7.60. The molecular weight excluding hydrogens is 274 g/mol. The number of anilines is 1. The fourth-order valence-electron chi connectivity index (χ4n) is 3.05. The van der Waals surface area contributed by atoms with Gasteiger partial charge in [0.15, 0.2) is 0 Å². The van der Waals surface area contributed by atoms with Gasteiger partial charge in [-0.25, -0.2) is 0 Å². The minimum atomic E-state index is -0.743. The van der Waals surface area contributed by atoms with Gasteiger partial charge < -0.3 is 18.9 Å². The lowest BCUT2D eigenvalue weighted by Gasteiger charge is -2.25. The minimum absolute atomic E-state index is 0.236. The molecule has 1 saturated heterocycles. The van der Waals surface area contributed by atoms with Gasteiger partial charge in [-0.1, -0.05) is 12.8 Å². The van der Waals surface area contributed by atoms with E-state index in [1.54, 1.807) is 0 Å². The van der Waals surface area contributed by atoms with Gasteiger partial charge in [0.2, 0.25) is 5.89 Å². The highest BCUT2D eigenvalue weighted by Crippen LogP contribution is 2.41. The highest BCUT2D eigenvalue weighted by Gasteiger charge is 2.49. The summed E-state index contributed by atoms with van der Waals surface area (Å²) in [4.78, 5) is 18.9. The Labute approximate surface area is 123 Å². The van der Waals surface area contributed by atoms with Gasteiger partial charge in [-0.2, -0.15) is 4.98 Å². The van der Waals surface area contributed by atoms with Gasteiger partial charge in [0.25, 0.3) is 5.95 Å². The molecule has 1 aromatic rings. The Hall–Kier alpha value is -1.63. The largest absolute Gasteiger partial charge is 0.465 e. The summed E-state index contributed by atoms with van der Waals surface area (Å²) in [7, 11) is 0. The van der Waals surface area contributed by atoms with E-state index in [1.165, 1.54) is 0 Å². The predicted molar refractivity (Wildman–Crippen MR) is 74.1 cm³/mol. The summed E-state index contributed by atoms with van der Waals surface area (Å²) in [5, 5.41) is 4.05. The SMILES string of the molecule is CCOC(=O)C1(c2nc(N3CCOCC3)no2)CCCC1. The van der Waals surface area contributed by atoms with Crippen molar-refractivity contribution in [3.8, 4) is 0 Å². The summed E-state index contributed by atoms with van der Waals surface area (Å²) >= 11 is 0. The van der Waals surface area contributed by atoms with Gasteiger partial charge in [0.05, 0.1) is 19.8 Å². The monoisotopic (exact) mass is 295 g/mol. The van der Waals surface area contributed by atoms with Crippen molar-refractivity contribution in [2.24, 2.45) is 0 Å². The Bertz CT molecular complexity index is 490. The topological polar surface area (TPSA) is 77.7 Å². The quantitative estimate of drug-likeness (QED) is 0.774. The number of morpholine rings is 1. The van der Waals surface area contributed by atoms with Crippen LogP contribution in [0.4, 0.5) is 5.95 Å². The van der Waals surface area contributed by atoms with Gasteiger partial charge >= 0.3 is 5.97 Å². The van der Waals surface area contributed by atoms with Crippen LogP contribution in [0.2, 0.25) is 0 Å². The van der Waals surface area contributed by atoms with E-state index in [1.807, 2.05) is 11.8 Å². The molecule has 0 unspecified atom stereocenters. The smallest absolute Gasteiger partial charge is 0.321 e. The van der Waals surface area contributed by atoms with Crippen LogP contribution in [-0.2, 0) is 19.7 Å². The normalized spacial score (nSPS) is 21.5. The Morgan fingerprint density at radius 3 is 2.71 bits per heavy atom. The third kappa shape index (κ3) is 2.62. The maximum absolute atomic E-state index is 12.4. The van der Waals surface area contributed by atoms with Crippen molar-refractivity contribution in [3.63, 3.8) is 0 Å². The molecule has 3 rings (SSSR count). The number of hydrogen-bond donors (Lipinski definition) is 0. The number of nitrogens with zero attached hydrogens (tertiary/aromatic N) is 3. The third-order valence-electron chi connectivity index (χ3n) is 4.24. The fraction of sp³-hybridized carbons (Fsp3) is 0.786. The molecule has 7 heteroatoms. The molecule has 7 nitrogen and oxygen atoms in total. The third-order valence-corrected chi connectivity index (χ3v) is 4.24. The zero-order valence-corrected chi connectivity index (χ0v) is 12.3. The Balaban J connectivity index is 1.83. The first-order chi connectivity index (χ1) is 10.3. The molecule has 0 N–H and O–H groups in total. The average Bonchev–Trinajstić information content (AvgIpc) is 3.18. The van der Waals surface area contributed by atoms with Crippen LogP contribution in [0.25, 0.3) is 0 Å². The average molecular weight is 295 g/mol. The molecule has 116 valence electrons. The number of esters is 1. The molecule has 0 bridgehead atoms. The number of ether oxygens (including phenoxy) is 2. The van der Waals surface area contributed by atoms with Gasteiger partial charge in [-0.15, -0.1) is 0 Å². The molecule has 0 atom stereocenters. The summed E-state index contributed by atoms with van der Waals surface area (Å²) in [5.41, 5.74) is -0.743. The van der Waals surface area contributed by atoms with Crippen LogP contribution in [0.15, 0.2) is 4.52 Å². The standard InChI is InChI=1S/C14H21N3O4/c1-2-20-12(18)14(5-3-4-6-14)11-15-13(16-21-11)17-7-9-19-10-8-17/h2-10H2,1H3. The van der Waals surface area contributed by atoms with Crippen molar-refractivity contribution in [3.05, 3.63) is 5.89 Å². The van der Waals surface area contributed by atoms with Gasteiger partial charge in [0.1, 0.15) is 5.41 Å². The van der Waals surface area contributed by atoms with Crippen LogP contribution in [0.5, 0.6) is 0 Å². The number of aromatic nitrogens is 2. The van der Waals surface area contributed by atoms with E-state index in [-0.39, 0.29) is 5.97 Å². The lowest BCUT2D eigenvalue weighted by Crippen LogP contribution is -2.37. The molecular formula is C14H21N3O4. The van der Waals surface area contributed by atoms with E-state index >= 15 is 0 Å². The summed E-state index contributed by atoms with van der Waals surface area (Å²) < 4.78 is 16.0. The van der Waals surface area contributed by atoms with E-state index in [2.05, 4.69) is 10.1 Å². The Morgan fingerprint density at radius 1 is 1.33 bits per heavy atom. The number of rotatable bonds is 4. The maximum Gasteiger partial charge on any atom is 0.321 e. The van der Waals surface area contributed by atoms with Crippen LogP contribution >= 0.6 is 0 Å². The number of carbonyl (C=O) groups is 1. The second kappa shape index (κ2) is 6.01. The summed E-state index contributed by atoms with van der Waals surface area (Å²) in [6, 6.07) is 0. The van der Waals surface area contributed by atoms with Crippen molar-refractivity contribution in [1.82, 2.24) is 10.1 Å². The van der Waals surface area contributed by atoms with Crippen molar-refractivity contribution in [1.29, 1.82) is 0 Å². The highest BCUT2D eigenvalue weighted by molar-refractivity contribution is 5.82. The molecule has 2 heterocycles. The van der Waals surface area contributed by atoms with E-state index in [4.69, 9.17) is 14.0 Å². The molecule has 1 aliphatic carbocycles. The zero-order valence-electron chi connectivity index (χ0n) is 12.3. The van der Waals surface area contributed by atoms with Crippen molar-refractivity contribution >= 4 is 11.9 Å². The summed E-state index contributed by atoms with van der Waals surface area (Å²) in [6.45, 7) is 4.98. The predicted octanol–water partition coefficient (Wildman–Crippen LogP) is 1.28. The van der Waals surface area contributed by atoms with Gasteiger partial charge in [-0.05, 0) is 24.9 Å². The second-order valence-corrected chi connectivity index (χ2v) is 5.51. The number of hydrogen-bond acceptors (Lipinski definition) is 7. The molecule has 0 radical (unpaired) electrons. The molecule has 2 aliphatic rings. The molecule has 1 aliphatic heterocycles. The maximum atomic E-state index is 12.4. The van der Waals surface area contributed by atoms with Crippen LogP contribution < -0.4 is 4.90 Å². The Morgan fingerprint density at radius 2 is 2.05 bits per heavy atom. The molecule has 0 aromatic carbocycles. The first-order valence-corrected chi connectivity index (χ1v) is 7.60. The summed E-state index contributed by atoms with van der Waals surface area (Å²) in [6.07, 6.45) is 3.40. The molecule has 21 heavy (non-hydrogen) atoms. The highest BCUT2D eigenvalue weighted by atomic mass is 16.5. The molecule has 1 saturated carbocycles. The van der Waals surface area contributed by atoms with Crippen LogP contribution in [0.1, 0.15) is 38.5 Å². The lowest BCUT2D eigenvalue weighted by atomic mass is 9.86. The van der Waals surface area contributed by atoms with E-state index in [0.29, 0.717) is 31.7 Å². The molecule has 2 fully saturated rings. The second-order valence-electron chi connectivity index (χ2n) is 5.51. The molecule has 0 amide bonds. The number of carbonyl (C=O) groups excluding carboxylic acids is 1. The van der Waals surface area contributed by atoms with Crippen molar-refractivity contribution in [2.45, 2.75) is 38.0 Å². The van der Waals surface area contributed by atoms with Crippen molar-refractivity contribution in [2.75, 3.05) is 37.8 Å². The van der Waals surface area contributed by atoms with Gasteiger partial charge in [-0.3, -0.25) is 4.79 Å². The fourth-order valence-corrected chi connectivity index (χ4v) is 3.05. The van der Waals surface area contributed by atoms with Gasteiger partial charge in [0, 0.05) is 13.1 Å². The zero-order chi connectivity index (χ0) is 14.7. The van der Waals surface area contributed by atoms with E-state index in [9.17, 15) is 4.79 Å². The molecule has 0 spiro atoms. The van der Waals surface area contributed by atoms with Crippen LogP contribution in [0.3, 0.4) is 0 Å². The van der Waals surface area contributed by atoms with E-state index < -0.39 is 5.41 Å². The van der Waals surface area contributed by atoms with Crippen LogP contribution in [0, 0.1) is 0 Å². The lowest BCUT2D eigenvalue weighted by molar-refractivity contribution is -0.151. The Kier molecular flexibility index (Phi) is 4.10. The van der Waals surface area contributed by atoms with E-state index in [0.717, 1.165) is 38.8 Å². The van der Waals surface area contributed by atoms with Crippen LogP contribution in [-0.4, -0.2) is 49.0 Å². The first kappa shape index (κ1) is 14.3. The minimum Gasteiger partial charge on any atom is -0.465 e. The summed E-state index contributed by atoms with van der Waals surface area (Å²) in [5.74, 6) is 0.712. The van der Waals surface area contributed by atoms with Crippen molar-refractivity contribution < 1.29 is 18.8 Å².